The number of benzene rings is 3. The number of rotatable bonds is 6. The van der Waals surface area contributed by atoms with Crippen LogP contribution in [0.5, 0.6) is 0 Å². The molecule has 31 heavy (non-hydrogen) atoms. The maximum absolute atomic E-state index is 12.8. The van der Waals surface area contributed by atoms with Gasteiger partial charge in [-0.1, -0.05) is 60.1 Å². The highest BCUT2D eigenvalue weighted by atomic mass is 35.5. The fourth-order valence-corrected chi connectivity index (χ4v) is 4.20. The number of hydrogen-bond acceptors (Lipinski definition) is 3. The largest absolute Gasteiger partial charge is 0.369 e. The molecule has 1 aliphatic rings. The van der Waals surface area contributed by atoms with Crippen molar-refractivity contribution in [2.45, 2.75) is 19.5 Å². The van der Waals surface area contributed by atoms with Gasteiger partial charge >= 0.3 is 0 Å². The van der Waals surface area contributed by atoms with Crippen molar-refractivity contribution in [1.82, 2.24) is 10.2 Å². The standard InChI is InChI=1S/C26H28ClN3O/c1-20(22-8-3-2-4-9-22)28-26(31)23-10-5-7-21(17-23)19-29-13-15-30(16-14-29)25-12-6-11-24(27)18-25/h2-12,17-18,20H,13-16,19H2,1H3,(H,28,31)/t20-/m1/s1. The second-order valence-electron chi connectivity index (χ2n) is 8.05. The van der Waals surface area contributed by atoms with Crippen LogP contribution in [0.4, 0.5) is 5.69 Å². The van der Waals surface area contributed by atoms with Gasteiger partial charge in [0.15, 0.2) is 0 Å². The Kier molecular flexibility index (Phi) is 6.90. The summed E-state index contributed by atoms with van der Waals surface area (Å²) < 4.78 is 0. The van der Waals surface area contributed by atoms with Crippen molar-refractivity contribution in [3.63, 3.8) is 0 Å². The molecule has 0 aliphatic carbocycles. The Labute approximate surface area is 189 Å². The van der Waals surface area contributed by atoms with Gasteiger partial charge in [0, 0.05) is 49.0 Å². The van der Waals surface area contributed by atoms with Gasteiger partial charge in [0.2, 0.25) is 0 Å². The van der Waals surface area contributed by atoms with E-state index < -0.39 is 0 Å². The van der Waals surface area contributed by atoms with Gasteiger partial charge in [-0.3, -0.25) is 9.69 Å². The molecule has 160 valence electrons. The summed E-state index contributed by atoms with van der Waals surface area (Å²) in [6.45, 7) is 6.75. The lowest BCUT2D eigenvalue weighted by molar-refractivity contribution is 0.0939. The molecule has 0 bridgehead atoms. The van der Waals surface area contributed by atoms with Crippen molar-refractivity contribution in [3.8, 4) is 0 Å². The van der Waals surface area contributed by atoms with E-state index in [0.717, 1.165) is 48.9 Å². The zero-order valence-electron chi connectivity index (χ0n) is 17.8. The molecular weight excluding hydrogens is 406 g/mol. The van der Waals surface area contributed by atoms with E-state index >= 15 is 0 Å². The van der Waals surface area contributed by atoms with Gasteiger partial charge in [-0.25, -0.2) is 0 Å². The fraction of sp³-hybridized carbons (Fsp3) is 0.269. The Bertz CT molecular complexity index is 1020. The fourth-order valence-electron chi connectivity index (χ4n) is 4.01. The lowest BCUT2D eigenvalue weighted by Crippen LogP contribution is -2.46. The summed E-state index contributed by atoms with van der Waals surface area (Å²) in [5, 5.41) is 3.88. The minimum Gasteiger partial charge on any atom is -0.369 e. The minimum absolute atomic E-state index is 0.0306. The predicted molar refractivity (Wildman–Crippen MR) is 128 cm³/mol. The topological polar surface area (TPSA) is 35.6 Å². The normalized spacial score (nSPS) is 15.5. The van der Waals surface area contributed by atoms with E-state index in [2.05, 4.69) is 27.2 Å². The van der Waals surface area contributed by atoms with Crippen LogP contribution in [0, 0.1) is 0 Å². The van der Waals surface area contributed by atoms with Crippen molar-refractivity contribution < 1.29 is 4.79 Å². The quantitative estimate of drug-likeness (QED) is 0.583. The average Bonchev–Trinajstić information content (AvgIpc) is 2.80. The van der Waals surface area contributed by atoms with Crippen molar-refractivity contribution in [1.29, 1.82) is 0 Å². The highest BCUT2D eigenvalue weighted by molar-refractivity contribution is 6.30. The smallest absolute Gasteiger partial charge is 0.251 e. The first-order chi connectivity index (χ1) is 15.1. The highest BCUT2D eigenvalue weighted by Gasteiger charge is 2.18. The van der Waals surface area contributed by atoms with Crippen LogP contribution in [0.3, 0.4) is 0 Å². The summed E-state index contributed by atoms with van der Waals surface area (Å²) in [4.78, 5) is 17.6. The average molecular weight is 434 g/mol. The van der Waals surface area contributed by atoms with E-state index in [1.807, 2.05) is 73.7 Å². The first-order valence-corrected chi connectivity index (χ1v) is 11.1. The SMILES string of the molecule is C[C@@H](NC(=O)c1cccc(CN2CCN(c3cccc(Cl)c3)CC2)c1)c1ccccc1. The summed E-state index contributed by atoms with van der Waals surface area (Å²) in [6.07, 6.45) is 0. The van der Waals surface area contributed by atoms with Crippen LogP contribution < -0.4 is 10.2 Å². The van der Waals surface area contributed by atoms with E-state index in [1.54, 1.807) is 0 Å². The Morgan fingerprint density at radius 1 is 0.935 bits per heavy atom. The molecule has 0 aromatic heterocycles. The first kappa shape index (κ1) is 21.4. The number of anilines is 1. The van der Waals surface area contributed by atoms with Crippen LogP contribution in [0.2, 0.25) is 5.02 Å². The molecule has 4 rings (SSSR count). The second-order valence-corrected chi connectivity index (χ2v) is 8.49. The van der Waals surface area contributed by atoms with Gasteiger partial charge in [-0.05, 0) is 48.4 Å². The lowest BCUT2D eigenvalue weighted by atomic mass is 10.1. The van der Waals surface area contributed by atoms with Gasteiger partial charge in [-0.15, -0.1) is 0 Å². The summed E-state index contributed by atoms with van der Waals surface area (Å²) in [6, 6.07) is 26.0. The van der Waals surface area contributed by atoms with E-state index in [1.165, 1.54) is 5.69 Å². The molecular formula is C26H28ClN3O. The number of halogens is 1. The number of nitrogens with one attached hydrogen (secondary N) is 1. The lowest BCUT2D eigenvalue weighted by Gasteiger charge is -2.36. The number of carbonyl (C=O) groups is 1. The first-order valence-electron chi connectivity index (χ1n) is 10.8. The Morgan fingerprint density at radius 3 is 2.42 bits per heavy atom. The molecule has 3 aromatic carbocycles. The summed E-state index contributed by atoms with van der Waals surface area (Å²) in [7, 11) is 0. The van der Waals surface area contributed by atoms with Crippen LogP contribution in [0.25, 0.3) is 0 Å². The van der Waals surface area contributed by atoms with Gasteiger partial charge in [0.25, 0.3) is 5.91 Å². The minimum atomic E-state index is -0.0380. The molecule has 1 aliphatic heterocycles. The van der Waals surface area contributed by atoms with Crippen LogP contribution >= 0.6 is 11.6 Å². The molecule has 1 heterocycles. The number of hydrogen-bond donors (Lipinski definition) is 1. The summed E-state index contributed by atoms with van der Waals surface area (Å²) in [5.74, 6) is -0.0380. The molecule has 1 atom stereocenters. The summed E-state index contributed by atoms with van der Waals surface area (Å²) in [5.41, 5.74) is 4.15. The monoisotopic (exact) mass is 433 g/mol. The molecule has 1 N–H and O–H groups in total. The molecule has 0 radical (unpaired) electrons. The number of carbonyl (C=O) groups excluding carboxylic acids is 1. The molecule has 5 heteroatoms. The van der Waals surface area contributed by atoms with Gasteiger partial charge < -0.3 is 10.2 Å². The molecule has 0 saturated carbocycles. The Morgan fingerprint density at radius 2 is 1.68 bits per heavy atom. The Hall–Kier alpha value is -2.82. The molecule has 1 saturated heterocycles. The van der Waals surface area contributed by atoms with Crippen LogP contribution in [0.1, 0.15) is 34.5 Å². The van der Waals surface area contributed by atoms with Crippen LogP contribution in [-0.2, 0) is 6.54 Å². The number of amides is 1. The molecule has 4 nitrogen and oxygen atoms in total. The summed E-state index contributed by atoms with van der Waals surface area (Å²) >= 11 is 6.14. The van der Waals surface area contributed by atoms with Crippen LogP contribution in [-0.4, -0.2) is 37.0 Å². The predicted octanol–water partition coefficient (Wildman–Crippen LogP) is 5.15. The zero-order chi connectivity index (χ0) is 21.6. The maximum Gasteiger partial charge on any atom is 0.251 e. The van der Waals surface area contributed by atoms with Gasteiger partial charge in [-0.2, -0.15) is 0 Å². The van der Waals surface area contributed by atoms with Crippen molar-refractivity contribution in [2.75, 3.05) is 31.1 Å². The third-order valence-corrected chi connectivity index (χ3v) is 6.02. The molecule has 1 fully saturated rings. The van der Waals surface area contributed by atoms with Crippen molar-refractivity contribution >= 4 is 23.2 Å². The van der Waals surface area contributed by atoms with Crippen molar-refractivity contribution in [3.05, 3.63) is 101 Å². The molecule has 1 amide bonds. The third kappa shape index (κ3) is 5.66. The number of nitrogens with zero attached hydrogens (tertiary/aromatic N) is 2. The zero-order valence-corrected chi connectivity index (χ0v) is 18.6. The van der Waals surface area contributed by atoms with E-state index in [-0.39, 0.29) is 11.9 Å². The number of piperazine rings is 1. The molecule has 0 spiro atoms. The Balaban J connectivity index is 1.33. The maximum atomic E-state index is 12.8. The molecule has 3 aromatic rings. The third-order valence-electron chi connectivity index (χ3n) is 5.79. The van der Waals surface area contributed by atoms with Crippen molar-refractivity contribution in [2.24, 2.45) is 0 Å². The van der Waals surface area contributed by atoms with Gasteiger partial charge in [0.05, 0.1) is 6.04 Å². The van der Waals surface area contributed by atoms with E-state index in [0.29, 0.717) is 5.56 Å². The van der Waals surface area contributed by atoms with Gasteiger partial charge in [0.1, 0.15) is 0 Å². The van der Waals surface area contributed by atoms with Crippen LogP contribution in [0.15, 0.2) is 78.9 Å². The van der Waals surface area contributed by atoms with E-state index in [4.69, 9.17) is 11.6 Å². The second kappa shape index (κ2) is 9.99. The molecule has 0 unspecified atom stereocenters. The van der Waals surface area contributed by atoms with E-state index in [9.17, 15) is 4.79 Å². The highest BCUT2D eigenvalue weighted by Crippen LogP contribution is 2.21.